The highest BCUT2D eigenvalue weighted by molar-refractivity contribution is 6.06. The largest absolute Gasteiger partial charge is 0.507 e. The van der Waals surface area contributed by atoms with E-state index in [4.69, 9.17) is 9.47 Å². The molecular weight excluding hydrogens is 364 g/mol. The van der Waals surface area contributed by atoms with Crippen LogP contribution in [-0.2, 0) is 6.42 Å². The first-order chi connectivity index (χ1) is 14.1. The number of benzene rings is 2. The fourth-order valence-electron chi connectivity index (χ4n) is 3.22. The molecule has 0 fully saturated rings. The van der Waals surface area contributed by atoms with Crippen LogP contribution in [0.4, 0.5) is 0 Å². The molecule has 0 spiro atoms. The number of aromatic hydroxyl groups is 1. The van der Waals surface area contributed by atoms with Crippen LogP contribution in [0.1, 0.15) is 60.9 Å². The van der Waals surface area contributed by atoms with Gasteiger partial charge in [0.1, 0.15) is 17.2 Å². The van der Waals surface area contributed by atoms with Crippen molar-refractivity contribution in [3.63, 3.8) is 0 Å². The third-order valence-corrected chi connectivity index (χ3v) is 4.98. The van der Waals surface area contributed by atoms with Crippen molar-refractivity contribution >= 4 is 5.78 Å². The monoisotopic (exact) mass is 396 g/mol. The first-order valence-corrected chi connectivity index (χ1v) is 10.3. The SMILES string of the molecule is COc1ccc(CCCCCCCCC=CC(=O)c2ccc(OC)cc2O)cc1. The molecule has 2 rings (SSSR count). The smallest absolute Gasteiger partial charge is 0.189 e. The van der Waals surface area contributed by atoms with Gasteiger partial charge in [0.05, 0.1) is 19.8 Å². The Hall–Kier alpha value is -2.75. The quantitative estimate of drug-likeness (QED) is 0.252. The first-order valence-electron chi connectivity index (χ1n) is 10.3. The highest BCUT2D eigenvalue weighted by atomic mass is 16.5. The molecule has 2 aromatic carbocycles. The predicted molar refractivity (Wildman–Crippen MR) is 117 cm³/mol. The van der Waals surface area contributed by atoms with Crippen LogP contribution < -0.4 is 9.47 Å². The van der Waals surface area contributed by atoms with E-state index in [0.29, 0.717) is 11.3 Å². The standard InChI is InChI=1S/C25H32O4/c1-28-21-15-13-20(14-16-21)11-9-7-5-3-4-6-8-10-12-24(26)23-18-17-22(29-2)19-25(23)27/h10,12-19,27H,3-9,11H2,1-2H3. The molecule has 0 radical (unpaired) electrons. The zero-order valence-corrected chi connectivity index (χ0v) is 17.5. The predicted octanol–water partition coefficient (Wildman–Crippen LogP) is 6.12. The molecule has 0 aliphatic carbocycles. The van der Waals surface area contributed by atoms with E-state index in [0.717, 1.165) is 25.0 Å². The van der Waals surface area contributed by atoms with Crippen LogP contribution >= 0.6 is 0 Å². The summed E-state index contributed by atoms with van der Waals surface area (Å²) in [6, 6.07) is 13.0. The van der Waals surface area contributed by atoms with Crippen LogP contribution in [0.5, 0.6) is 17.2 Å². The van der Waals surface area contributed by atoms with Gasteiger partial charge in [-0.1, -0.05) is 43.9 Å². The molecule has 156 valence electrons. The third kappa shape index (κ3) is 8.02. The number of ether oxygens (including phenoxy) is 2. The molecule has 1 N–H and O–H groups in total. The van der Waals surface area contributed by atoms with Crippen molar-refractivity contribution in [2.75, 3.05) is 14.2 Å². The van der Waals surface area contributed by atoms with Gasteiger partial charge in [-0.05, 0) is 61.6 Å². The maximum atomic E-state index is 12.1. The van der Waals surface area contributed by atoms with E-state index in [2.05, 4.69) is 12.1 Å². The number of phenols is 1. The Kier molecular flexibility index (Phi) is 9.84. The van der Waals surface area contributed by atoms with E-state index in [1.807, 2.05) is 18.2 Å². The summed E-state index contributed by atoms with van der Waals surface area (Å²) in [6.07, 6.45) is 12.6. The Morgan fingerprint density at radius 2 is 1.48 bits per heavy atom. The average Bonchev–Trinajstić information content (AvgIpc) is 2.75. The summed E-state index contributed by atoms with van der Waals surface area (Å²) in [6.45, 7) is 0. The Morgan fingerprint density at radius 3 is 2.14 bits per heavy atom. The minimum absolute atomic E-state index is 0.0476. The van der Waals surface area contributed by atoms with E-state index in [1.54, 1.807) is 25.3 Å². The van der Waals surface area contributed by atoms with Gasteiger partial charge in [0.15, 0.2) is 5.78 Å². The Morgan fingerprint density at radius 1 is 0.862 bits per heavy atom. The summed E-state index contributed by atoms with van der Waals surface area (Å²) >= 11 is 0. The fraction of sp³-hybridized carbons (Fsp3) is 0.400. The Balaban J connectivity index is 1.53. The van der Waals surface area contributed by atoms with E-state index in [-0.39, 0.29) is 11.5 Å². The molecule has 0 amide bonds. The van der Waals surface area contributed by atoms with Gasteiger partial charge in [-0.2, -0.15) is 0 Å². The van der Waals surface area contributed by atoms with Gasteiger partial charge >= 0.3 is 0 Å². The normalized spacial score (nSPS) is 11.0. The first kappa shape index (κ1) is 22.5. The van der Waals surface area contributed by atoms with Gasteiger partial charge < -0.3 is 14.6 Å². The topological polar surface area (TPSA) is 55.8 Å². The van der Waals surface area contributed by atoms with E-state index in [9.17, 15) is 9.90 Å². The summed E-state index contributed by atoms with van der Waals surface area (Å²) in [7, 11) is 3.21. The number of allylic oxidation sites excluding steroid dienone is 2. The summed E-state index contributed by atoms with van der Waals surface area (Å²) in [5.74, 6) is 1.22. The Labute approximate surface area is 174 Å². The van der Waals surface area contributed by atoms with Crippen molar-refractivity contribution in [2.24, 2.45) is 0 Å². The van der Waals surface area contributed by atoms with E-state index >= 15 is 0 Å². The second-order valence-corrected chi connectivity index (χ2v) is 7.16. The van der Waals surface area contributed by atoms with Crippen LogP contribution in [0.3, 0.4) is 0 Å². The zero-order chi connectivity index (χ0) is 20.9. The highest BCUT2D eigenvalue weighted by Crippen LogP contribution is 2.24. The molecule has 4 heteroatoms. The van der Waals surface area contributed by atoms with Crippen molar-refractivity contribution in [3.8, 4) is 17.2 Å². The molecule has 0 unspecified atom stereocenters. The lowest BCUT2D eigenvalue weighted by atomic mass is 10.0. The van der Waals surface area contributed by atoms with Crippen LogP contribution in [-0.4, -0.2) is 25.1 Å². The second-order valence-electron chi connectivity index (χ2n) is 7.16. The lowest BCUT2D eigenvalue weighted by molar-refractivity contribution is 0.104. The Bertz CT molecular complexity index is 778. The van der Waals surface area contributed by atoms with E-state index < -0.39 is 0 Å². The molecule has 29 heavy (non-hydrogen) atoms. The summed E-state index contributed by atoms with van der Waals surface area (Å²) < 4.78 is 10.2. The molecule has 0 aliphatic heterocycles. The van der Waals surface area contributed by atoms with Gasteiger partial charge in [0.25, 0.3) is 0 Å². The minimum atomic E-state index is -0.177. The summed E-state index contributed by atoms with van der Waals surface area (Å²) in [4.78, 5) is 12.1. The van der Waals surface area contributed by atoms with Gasteiger partial charge in [-0.15, -0.1) is 0 Å². The molecule has 0 heterocycles. The van der Waals surface area contributed by atoms with Crippen LogP contribution in [0.25, 0.3) is 0 Å². The van der Waals surface area contributed by atoms with Crippen molar-refractivity contribution in [3.05, 3.63) is 65.7 Å². The number of phenolic OH excluding ortho intramolecular Hbond substituents is 1. The number of ketones is 1. The number of hydrogen-bond donors (Lipinski definition) is 1. The number of hydrogen-bond acceptors (Lipinski definition) is 4. The van der Waals surface area contributed by atoms with Gasteiger partial charge in [0.2, 0.25) is 0 Å². The molecule has 0 atom stereocenters. The second kappa shape index (κ2) is 12.7. The fourth-order valence-corrected chi connectivity index (χ4v) is 3.22. The summed E-state index contributed by atoms with van der Waals surface area (Å²) in [5.41, 5.74) is 1.67. The third-order valence-electron chi connectivity index (χ3n) is 4.98. The van der Waals surface area contributed by atoms with Gasteiger partial charge in [-0.3, -0.25) is 4.79 Å². The molecule has 2 aromatic rings. The zero-order valence-electron chi connectivity index (χ0n) is 17.5. The maximum Gasteiger partial charge on any atom is 0.189 e. The minimum Gasteiger partial charge on any atom is -0.507 e. The lowest BCUT2D eigenvalue weighted by Gasteiger charge is -2.04. The van der Waals surface area contributed by atoms with Gasteiger partial charge in [-0.25, -0.2) is 0 Å². The van der Waals surface area contributed by atoms with Crippen LogP contribution in [0, 0.1) is 0 Å². The van der Waals surface area contributed by atoms with Crippen molar-refractivity contribution in [1.82, 2.24) is 0 Å². The molecular formula is C25H32O4. The number of carbonyl (C=O) groups excluding carboxylic acids is 1. The molecule has 4 nitrogen and oxygen atoms in total. The van der Waals surface area contributed by atoms with Crippen molar-refractivity contribution in [1.29, 1.82) is 0 Å². The van der Waals surface area contributed by atoms with Gasteiger partial charge in [0, 0.05) is 6.07 Å². The van der Waals surface area contributed by atoms with Crippen molar-refractivity contribution in [2.45, 2.75) is 51.4 Å². The van der Waals surface area contributed by atoms with Crippen LogP contribution in [0.15, 0.2) is 54.6 Å². The van der Waals surface area contributed by atoms with Crippen LogP contribution in [0.2, 0.25) is 0 Å². The average molecular weight is 397 g/mol. The maximum absolute atomic E-state index is 12.1. The molecule has 0 aliphatic rings. The van der Waals surface area contributed by atoms with E-state index in [1.165, 1.54) is 50.8 Å². The molecule has 0 bridgehead atoms. The molecule has 0 saturated heterocycles. The van der Waals surface area contributed by atoms with Crippen molar-refractivity contribution < 1.29 is 19.4 Å². The highest BCUT2D eigenvalue weighted by Gasteiger charge is 2.08. The lowest BCUT2D eigenvalue weighted by Crippen LogP contribution is -1.95. The number of methoxy groups -OCH3 is 2. The molecule has 0 aromatic heterocycles. The molecule has 0 saturated carbocycles. The number of rotatable bonds is 13. The number of aryl methyl sites for hydroxylation is 1. The summed E-state index contributed by atoms with van der Waals surface area (Å²) in [5, 5.41) is 9.89. The number of carbonyl (C=O) groups is 1. The number of unbranched alkanes of at least 4 members (excludes halogenated alkanes) is 6.